The van der Waals surface area contributed by atoms with E-state index in [-0.39, 0.29) is 0 Å². The Kier molecular flexibility index (Phi) is 4.57. The highest BCUT2D eigenvalue weighted by Crippen LogP contribution is 2.18. The first kappa shape index (κ1) is 12.6. The molecule has 2 atom stereocenters. The Hall–Kier alpha value is -0.870. The molecule has 0 saturated carbocycles. The lowest BCUT2D eigenvalue weighted by molar-refractivity contribution is 0.0780. The van der Waals surface area contributed by atoms with Crippen molar-refractivity contribution >= 4 is 0 Å². The molecule has 0 bridgehead atoms. The molecule has 2 rings (SSSR count). The number of aryl methyl sites for hydroxylation is 1. The zero-order valence-corrected chi connectivity index (χ0v) is 10.9. The average molecular weight is 237 g/mol. The van der Waals surface area contributed by atoms with Crippen LogP contribution in [0.3, 0.4) is 0 Å². The largest absolute Gasteiger partial charge is 0.377 e. The maximum atomic E-state index is 5.79. The molecule has 1 aromatic heterocycles. The highest BCUT2D eigenvalue weighted by molar-refractivity contribution is 4.98. The summed E-state index contributed by atoms with van der Waals surface area (Å²) < 4.78 is 8.00. The van der Waals surface area contributed by atoms with E-state index in [0.717, 1.165) is 31.9 Å². The van der Waals surface area contributed by atoms with Crippen LogP contribution in [-0.2, 0) is 17.7 Å². The molecule has 0 spiro atoms. The van der Waals surface area contributed by atoms with Gasteiger partial charge in [0, 0.05) is 38.0 Å². The van der Waals surface area contributed by atoms with Crippen LogP contribution in [0.15, 0.2) is 12.4 Å². The van der Waals surface area contributed by atoms with Crippen LogP contribution in [0.2, 0.25) is 0 Å². The van der Waals surface area contributed by atoms with Crippen LogP contribution in [0.5, 0.6) is 0 Å². The van der Waals surface area contributed by atoms with E-state index in [1.807, 2.05) is 12.4 Å². The lowest BCUT2D eigenvalue weighted by Crippen LogP contribution is -2.41. The Morgan fingerprint density at radius 2 is 2.47 bits per heavy atom. The minimum atomic E-state index is 0.358. The summed E-state index contributed by atoms with van der Waals surface area (Å²) in [6, 6.07) is 0.398. The van der Waals surface area contributed by atoms with Crippen molar-refractivity contribution in [1.29, 1.82) is 0 Å². The summed E-state index contributed by atoms with van der Waals surface area (Å²) in [4.78, 5) is 4.45. The first-order valence-corrected chi connectivity index (χ1v) is 6.70. The average Bonchev–Trinajstić information content (AvgIpc) is 2.99. The van der Waals surface area contributed by atoms with Crippen LogP contribution < -0.4 is 5.32 Å². The maximum absolute atomic E-state index is 5.79. The molecule has 4 nitrogen and oxygen atoms in total. The highest BCUT2D eigenvalue weighted by Gasteiger charge is 2.26. The predicted molar refractivity (Wildman–Crippen MR) is 68.0 cm³/mol. The lowest BCUT2D eigenvalue weighted by Gasteiger charge is -2.23. The van der Waals surface area contributed by atoms with Gasteiger partial charge in [0.15, 0.2) is 0 Å². The fourth-order valence-electron chi connectivity index (χ4n) is 2.53. The monoisotopic (exact) mass is 237 g/mol. The van der Waals surface area contributed by atoms with Gasteiger partial charge in [0.05, 0.1) is 6.10 Å². The third-order valence-electron chi connectivity index (χ3n) is 3.42. The third-order valence-corrected chi connectivity index (χ3v) is 3.42. The van der Waals surface area contributed by atoms with Crippen molar-refractivity contribution in [3.8, 4) is 0 Å². The van der Waals surface area contributed by atoms with Crippen LogP contribution in [-0.4, -0.2) is 34.8 Å². The SMILES string of the molecule is CCNC(Cc1nccn1CC)C1CCCO1. The second-order valence-electron chi connectivity index (χ2n) is 4.55. The van der Waals surface area contributed by atoms with Gasteiger partial charge in [-0.05, 0) is 26.3 Å². The molecule has 17 heavy (non-hydrogen) atoms. The van der Waals surface area contributed by atoms with Gasteiger partial charge >= 0.3 is 0 Å². The Morgan fingerprint density at radius 3 is 3.12 bits per heavy atom. The van der Waals surface area contributed by atoms with Crippen LogP contribution in [0.4, 0.5) is 0 Å². The molecular formula is C13H23N3O. The van der Waals surface area contributed by atoms with Gasteiger partial charge in [0.2, 0.25) is 0 Å². The Labute approximate surface area is 103 Å². The number of nitrogens with zero attached hydrogens (tertiary/aromatic N) is 2. The first-order chi connectivity index (χ1) is 8.35. The van der Waals surface area contributed by atoms with E-state index in [9.17, 15) is 0 Å². The molecule has 1 saturated heterocycles. The van der Waals surface area contributed by atoms with Crippen LogP contribution in [0.25, 0.3) is 0 Å². The van der Waals surface area contributed by atoms with Crippen LogP contribution in [0.1, 0.15) is 32.5 Å². The van der Waals surface area contributed by atoms with Gasteiger partial charge in [-0.2, -0.15) is 0 Å². The number of imidazole rings is 1. The molecule has 0 aromatic carbocycles. The van der Waals surface area contributed by atoms with Gasteiger partial charge < -0.3 is 14.6 Å². The molecule has 1 aliphatic heterocycles. The lowest BCUT2D eigenvalue weighted by atomic mass is 10.0. The molecule has 4 heteroatoms. The van der Waals surface area contributed by atoms with Gasteiger partial charge in [-0.25, -0.2) is 4.98 Å². The topological polar surface area (TPSA) is 39.1 Å². The van der Waals surface area contributed by atoms with Crippen molar-refractivity contribution in [2.75, 3.05) is 13.2 Å². The number of aromatic nitrogens is 2. The summed E-state index contributed by atoms with van der Waals surface area (Å²) in [6.07, 6.45) is 7.61. The number of likely N-dealkylation sites (N-methyl/N-ethyl adjacent to an activating group) is 1. The minimum Gasteiger partial charge on any atom is -0.377 e. The Morgan fingerprint density at radius 1 is 1.59 bits per heavy atom. The molecule has 0 aliphatic carbocycles. The number of hydrogen-bond acceptors (Lipinski definition) is 3. The van der Waals surface area contributed by atoms with Crippen molar-refractivity contribution in [3.63, 3.8) is 0 Å². The number of ether oxygens (including phenoxy) is 1. The normalized spacial score (nSPS) is 21.9. The van der Waals surface area contributed by atoms with Gasteiger partial charge in [0.25, 0.3) is 0 Å². The quantitative estimate of drug-likeness (QED) is 0.817. The summed E-state index contributed by atoms with van der Waals surface area (Å²) >= 11 is 0. The second-order valence-corrected chi connectivity index (χ2v) is 4.55. The minimum absolute atomic E-state index is 0.358. The highest BCUT2D eigenvalue weighted by atomic mass is 16.5. The number of hydrogen-bond donors (Lipinski definition) is 1. The van der Waals surface area contributed by atoms with Crippen molar-refractivity contribution in [2.45, 2.75) is 51.8 Å². The molecule has 0 amide bonds. The van der Waals surface area contributed by atoms with E-state index in [2.05, 4.69) is 28.7 Å². The molecule has 2 unspecified atom stereocenters. The molecular weight excluding hydrogens is 214 g/mol. The summed E-state index contributed by atoms with van der Waals surface area (Å²) in [5.74, 6) is 1.16. The van der Waals surface area contributed by atoms with Crippen molar-refractivity contribution in [3.05, 3.63) is 18.2 Å². The predicted octanol–water partition coefficient (Wildman–Crippen LogP) is 1.60. The van der Waals surface area contributed by atoms with Gasteiger partial charge in [-0.15, -0.1) is 0 Å². The fraction of sp³-hybridized carbons (Fsp3) is 0.769. The maximum Gasteiger partial charge on any atom is 0.110 e. The van der Waals surface area contributed by atoms with Gasteiger partial charge in [-0.3, -0.25) is 0 Å². The van der Waals surface area contributed by atoms with E-state index in [0.29, 0.717) is 12.1 Å². The molecule has 1 N–H and O–H groups in total. The van der Waals surface area contributed by atoms with E-state index in [4.69, 9.17) is 4.74 Å². The Bertz CT molecular complexity index is 331. The summed E-state index contributed by atoms with van der Waals surface area (Å²) in [6.45, 7) is 7.18. The fourth-order valence-corrected chi connectivity index (χ4v) is 2.53. The smallest absolute Gasteiger partial charge is 0.110 e. The van der Waals surface area contributed by atoms with Crippen molar-refractivity contribution in [1.82, 2.24) is 14.9 Å². The first-order valence-electron chi connectivity index (χ1n) is 6.70. The van der Waals surface area contributed by atoms with E-state index < -0.39 is 0 Å². The summed E-state index contributed by atoms with van der Waals surface area (Å²) in [5, 5.41) is 3.54. The molecule has 96 valence electrons. The van der Waals surface area contributed by atoms with Crippen molar-refractivity contribution < 1.29 is 4.74 Å². The third kappa shape index (κ3) is 3.07. The summed E-state index contributed by atoms with van der Waals surface area (Å²) in [5.41, 5.74) is 0. The zero-order valence-electron chi connectivity index (χ0n) is 10.9. The molecule has 1 aliphatic rings. The van der Waals surface area contributed by atoms with E-state index in [1.54, 1.807) is 0 Å². The zero-order chi connectivity index (χ0) is 12.1. The molecule has 1 fully saturated rings. The second kappa shape index (κ2) is 6.17. The molecule has 1 aromatic rings. The van der Waals surface area contributed by atoms with Crippen molar-refractivity contribution in [2.24, 2.45) is 0 Å². The number of nitrogens with one attached hydrogen (secondary N) is 1. The summed E-state index contributed by atoms with van der Waals surface area (Å²) in [7, 11) is 0. The number of rotatable bonds is 6. The molecule has 2 heterocycles. The molecule has 0 radical (unpaired) electrons. The van der Waals surface area contributed by atoms with Gasteiger partial charge in [-0.1, -0.05) is 6.92 Å². The van der Waals surface area contributed by atoms with E-state index in [1.165, 1.54) is 12.8 Å². The van der Waals surface area contributed by atoms with Crippen LogP contribution in [0, 0.1) is 0 Å². The van der Waals surface area contributed by atoms with E-state index >= 15 is 0 Å². The standard InChI is InChI=1S/C13H23N3O/c1-3-14-11(12-6-5-9-17-12)10-13-15-7-8-16(13)4-2/h7-8,11-12,14H,3-6,9-10H2,1-2H3. The van der Waals surface area contributed by atoms with Crippen LogP contribution >= 0.6 is 0 Å². The Balaban J connectivity index is 2.01. The van der Waals surface area contributed by atoms with Gasteiger partial charge in [0.1, 0.15) is 5.82 Å².